The van der Waals surface area contributed by atoms with Gasteiger partial charge in [0.05, 0.1) is 26.2 Å². The predicted octanol–water partition coefficient (Wildman–Crippen LogP) is 3.09. The Morgan fingerprint density at radius 2 is 1.52 bits per heavy atom. The van der Waals surface area contributed by atoms with Gasteiger partial charge < -0.3 is 19.1 Å². The molecule has 1 heterocycles. The zero-order valence-corrected chi connectivity index (χ0v) is 20.5. The minimum atomic E-state index is -3.42. The van der Waals surface area contributed by atoms with Crippen LogP contribution in [0, 0.1) is 0 Å². The van der Waals surface area contributed by atoms with Crippen molar-refractivity contribution in [2.45, 2.75) is 37.1 Å². The van der Waals surface area contributed by atoms with Crippen molar-refractivity contribution in [2.75, 3.05) is 41.5 Å². The summed E-state index contributed by atoms with van der Waals surface area (Å²) < 4.78 is 42.9. The van der Waals surface area contributed by atoms with Crippen LogP contribution in [0.3, 0.4) is 0 Å². The summed E-state index contributed by atoms with van der Waals surface area (Å²) in [4.78, 5) is 14.6. The average molecular weight is 477 g/mol. The highest BCUT2D eigenvalue weighted by Crippen LogP contribution is 2.38. The minimum absolute atomic E-state index is 0.0162. The Morgan fingerprint density at radius 3 is 2.03 bits per heavy atom. The van der Waals surface area contributed by atoms with E-state index in [1.807, 2.05) is 12.1 Å². The standard InChI is InChI=1S/C24H32N2O6S/c1-25(17-19-15-21(30-2)24(32-4)22(16-19)31-3)23(27)12-9-18-7-10-20(11-8-18)33(28,29)26-13-5-6-14-26/h7-8,10-11,15-16H,5-6,9,12-14,17H2,1-4H3. The second kappa shape index (κ2) is 10.9. The smallest absolute Gasteiger partial charge is 0.243 e. The molecule has 1 aliphatic rings. The van der Waals surface area contributed by atoms with Crippen molar-refractivity contribution in [1.82, 2.24) is 9.21 Å². The van der Waals surface area contributed by atoms with Crippen LogP contribution in [0.1, 0.15) is 30.4 Å². The maximum atomic E-state index is 12.7. The molecule has 9 heteroatoms. The van der Waals surface area contributed by atoms with Gasteiger partial charge in [0.1, 0.15) is 0 Å². The van der Waals surface area contributed by atoms with Crippen molar-refractivity contribution < 1.29 is 27.4 Å². The molecule has 1 fully saturated rings. The molecule has 0 aromatic heterocycles. The summed E-state index contributed by atoms with van der Waals surface area (Å²) in [6, 6.07) is 10.5. The molecule has 0 aliphatic carbocycles. The lowest BCUT2D eigenvalue weighted by atomic mass is 10.1. The van der Waals surface area contributed by atoms with E-state index in [-0.39, 0.29) is 5.91 Å². The van der Waals surface area contributed by atoms with Crippen LogP contribution in [0.2, 0.25) is 0 Å². The highest BCUT2D eigenvalue weighted by molar-refractivity contribution is 7.89. The van der Waals surface area contributed by atoms with E-state index in [1.54, 1.807) is 57.5 Å². The molecule has 0 saturated carbocycles. The van der Waals surface area contributed by atoms with E-state index in [0.717, 1.165) is 24.0 Å². The van der Waals surface area contributed by atoms with E-state index in [4.69, 9.17) is 14.2 Å². The summed E-state index contributed by atoms with van der Waals surface area (Å²) in [5.74, 6) is 1.57. The molecule has 2 aromatic carbocycles. The maximum absolute atomic E-state index is 12.7. The average Bonchev–Trinajstić information content (AvgIpc) is 3.38. The van der Waals surface area contributed by atoms with Gasteiger partial charge in [0.2, 0.25) is 21.7 Å². The van der Waals surface area contributed by atoms with Crippen molar-refractivity contribution in [2.24, 2.45) is 0 Å². The van der Waals surface area contributed by atoms with Gasteiger partial charge in [0, 0.05) is 33.1 Å². The Hall–Kier alpha value is -2.78. The summed E-state index contributed by atoms with van der Waals surface area (Å²) in [6.07, 6.45) is 2.66. The number of benzene rings is 2. The number of methoxy groups -OCH3 is 3. The van der Waals surface area contributed by atoms with Gasteiger partial charge in [0.15, 0.2) is 11.5 Å². The maximum Gasteiger partial charge on any atom is 0.243 e. The van der Waals surface area contributed by atoms with E-state index in [9.17, 15) is 13.2 Å². The highest BCUT2D eigenvalue weighted by Gasteiger charge is 2.27. The topological polar surface area (TPSA) is 85.4 Å². The van der Waals surface area contributed by atoms with Gasteiger partial charge in [-0.3, -0.25) is 4.79 Å². The van der Waals surface area contributed by atoms with E-state index < -0.39 is 10.0 Å². The van der Waals surface area contributed by atoms with Gasteiger partial charge in [0.25, 0.3) is 0 Å². The molecule has 2 aromatic rings. The number of hydrogen-bond acceptors (Lipinski definition) is 6. The third-order valence-electron chi connectivity index (χ3n) is 5.82. The summed E-state index contributed by atoms with van der Waals surface area (Å²) in [5, 5.41) is 0. The van der Waals surface area contributed by atoms with Crippen LogP contribution in [0.25, 0.3) is 0 Å². The van der Waals surface area contributed by atoms with Crippen molar-refractivity contribution in [3.8, 4) is 17.2 Å². The molecule has 0 N–H and O–H groups in total. The summed E-state index contributed by atoms with van der Waals surface area (Å²) in [6.45, 7) is 1.55. The van der Waals surface area contributed by atoms with E-state index in [0.29, 0.717) is 54.6 Å². The van der Waals surface area contributed by atoms with Crippen molar-refractivity contribution in [3.05, 3.63) is 47.5 Å². The van der Waals surface area contributed by atoms with Crippen LogP contribution in [-0.4, -0.2) is 65.0 Å². The molecule has 0 radical (unpaired) electrons. The first-order valence-electron chi connectivity index (χ1n) is 10.9. The van der Waals surface area contributed by atoms with Crippen molar-refractivity contribution in [1.29, 1.82) is 0 Å². The predicted molar refractivity (Wildman–Crippen MR) is 125 cm³/mol. The Balaban J connectivity index is 1.59. The van der Waals surface area contributed by atoms with E-state index in [2.05, 4.69) is 0 Å². The third-order valence-corrected chi connectivity index (χ3v) is 7.74. The number of carbonyl (C=O) groups excluding carboxylic acids is 1. The summed E-state index contributed by atoms with van der Waals surface area (Å²) in [5.41, 5.74) is 1.78. The first kappa shape index (κ1) is 24.9. The quantitative estimate of drug-likeness (QED) is 0.524. The lowest BCUT2D eigenvalue weighted by Gasteiger charge is -2.20. The Kier molecular flexibility index (Phi) is 8.20. The van der Waals surface area contributed by atoms with Crippen LogP contribution >= 0.6 is 0 Å². The second-order valence-electron chi connectivity index (χ2n) is 8.04. The molecular weight excluding hydrogens is 444 g/mol. The monoisotopic (exact) mass is 476 g/mol. The molecule has 33 heavy (non-hydrogen) atoms. The van der Waals surface area contributed by atoms with E-state index >= 15 is 0 Å². The normalized spacial score (nSPS) is 14.2. The zero-order chi connectivity index (χ0) is 24.0. The summed E-state index contributed by atoms with van der Waals surface area (Å²) in [7, 11) is 2.98. The van der Waals surface area contributed by atoms with Gasteiger partial charge in [-0.05, 0) is 54.7 Å². The number of carbonyl (C=O) groups is 1. The minimum Gasteiger partial charge on any atom is -0.493 e. The molecule has 180 valence electrons. The van der Waals surface area contributed by atoms with E-state index in [1.165, 1.54) is 4.31 Å². The SMILES string of the molecule is COc1cc(CN(C)C(=O)CCc2ccc(S(=O)(=O)N3CCCC3)cc2)cc(OC)c1OC. The molecule has 0 bridgehead atoms. The number of aryl methyl sites for hydroxylation is 1. The van der Waals surface area contributed by atoms with Crippen LogP contribution < -0.4 is 14.2 Å². The number of ether oxygens (including phenoxy) is 3. The Bertz CT molecular complexity index is 1040. The summed E-state index contributed by atoms with van der Waals surface area (Å²) >= 11 is 0. The largest absolute Gasteiger partial charge is 0.493 e. The van der Waals surface area contributed by atoms with Gasteiger partial charge in [-0.1, -0.05) is 12.1 Å². The zero-order valence-electron chi connectivity index (χ0n) is 19.7. The Labute approximate surface area is 196 Å². The number of sulfonamides is 1. The molecule has 8 nitrogen and oxygen atoms in total. The van der Waals surface area contributed by atoms with Crippen LogP contribution in [0.5, 0.6) is 17.2 Å². The first-order chi connectivity index (χ1) is 15.8. The second-order valence-corrected chi connectivity index (χ2v) is 9.98. The number of hydrogen-bond donors (Lipinski definition) is 0. The lowest BCUT2D eigenvalue weighted by Crippen LogP contribution is -2.27. The fourth-order valence-electron chi connectivity index (χ4n) is 3.94. The van der Waals surface area contributed by atoms with Crippen molar-refractivity contribution >= 4 is 15.9 Å². The van der Waals surface area contributed by atoms with Crippen LogP contribution in [0.15, 0.2) is 41.3 Å². The third kappa shape index (κ3) is 5.78. The number of nitrogens with zero attached hydrogens (tertiary/aromatic N) is 2. The molecule has 3 rings (SSSR count). The van der Waals surface area contributed by atoms with Crippen molar-refractivity contribution in [3.63, 3.8) is 0 Å². The highest BCUT2D eigenvalue weighted by atomic mass is 32.2. The molecule has 0 spiro atoms. The van der Waals surface area contributed by atoms with Crippen LogP contribution in [0.4, 0.5) is 0 Å². The Morgan fingerprint density at radius 1 is 0.939 bits per heavy atom. The molecule has 0 atom stereocenters. The van der Waals surface area contributed by atoms with Crippen LogP contribution in [-0.2, 0) is 27.8 Å². The number of rotatable bonds is 10. The van der Waals surface area contributed by atoms with Gasteiger partial charge in [-0.25, -0.2) is 8.42 Å². The fourth-order valence-corrected chi connectivity index (χ4v) is 5.45. The fraction of sp³-hybridized carbons (Fsp3) is 0.458. The first-order valence-corrected chi connectivity index (χ1v) is 12.4. The molecule has 0 unspecified atom stereocenters. The lowest BCUT2D eigenvalue weighted by molar-refractivity contribution is -0.130. The molecule has 1 aliphatic heterocycles. The molecule has 1 amide bonds. The molecular formula is C24H32N2O6S. The van der Waals surface area contributed by atoms with Gasteiger partial charge in [-0.15, -0.1) is 0 Å². The van der Waals surface area contributed by atoms with Gasteiger partial charge >= 0.3 is 0 Å². The van der Waals surface area contributed by atoms with Gasteiger partial charge in [-0.2, -0.15) is 4.31 Å². The number of amides is 1. The molecule has 1 saturated heterocycles.